The fourth-order valence-electron chi connectivity index (χ4n) is 0.475. The number of benzene rings is 1. The Bertz CT molecular complexity index is 236. The molecule has 10 heavy (non-hydrogen) atoms. The highest BCUT2D eigenvalue weighted by molar-refractivity contribution is 14.1. The Morgan fingerprint density at radius 3 is 2.40 bits per heavy atom. The molecule has 1 aromatic carbocycles. The van der Waals surface area contributed by atoms with Gasteiger partial charge in [-0.2, -0.15) is 0 Å². The summed E-state index contributed by atoms with van der Waals surface area (Å²) in [7, 11) is 0. The van der Waals surface area contributed by atoms with Crippen molar-refractivity contribution in [2.75, 3.05) is 0 Å². The summed E-state index contributed by atoms with van der Waals surface area (Å²) in [5, 5.41) is 0. The zero-order chi connectivity index (χ0) is 7.72. The van der Waals surface area contributed by atoms with E-state index >= 15 is 0 Å². The van der Waals surface area contributed by atoms with Crippen LogP contribution in [0, 0.1) is 27.1 Å². The van der Waals surface area contributed by atoms with Gasteiger partial charge in [-0.1, -0.05) is 0 Å². The fraction of sp³-hybridized carbons (Fsp3) is 0. The smallest absolute Gasteiger partial charge is 0.172 e. The van der Waals surface area contributed by atoms with Crippen LogP contribution in [-0.4, -0.2) is 0 Å². The number of hydrogen-bond acceptors (Lipinski definition) is 0. The molecule has 0 aliphatic carbocycles. The lowest BCUT2D eigenvalue weighted by Gasteiger charge is -1.93. The molecule has 0 aromatic heterocycles. The molecule has 1 aromatic rings. The SMILES string of the molecule is Fc1[c]c(F)c(F)c(I)c1. The van der Waals surface area contributed by atoms with E-state index in [1.807, 2.05) is 0 Å². The number of rotatable bonds is 0. The molecule has 0 bridgehead atoms. The van der Waals surface area contributed by atoms with Crippen molar-refractivity contribution >= 4 is 22.6 Å². The minimum absolute atomic E-state index is 0.0775. The summed E-state index contributed by atoms with van der Waals surface area (Å²) in [4.78, 5) is 0. The fourth-order valence-corrected chi connectivity index (χ4v) is 0.985. The van der Waals surface area contributed by atoms with E-state index in [0.717, 1.165) is 6.07 Å². The molecule has 0 nitrogen and oxygen atoms in total. The highest BCUT2D eigenvalue weighted by Crippen LogP contribution is 2.14. The third kappa shape index (κ3) is 1.42. The van der Waals surface area contributed by atoms with Gasteiger partial charge < -0.3 is 0 Å². The molecule has 1 radical (unpaired) electrons. The van der Waals surface area contributed by atoms with Gasteiger partial charge in [0.1, 0.15) is 5.82 Å². The Morgan fingerprint density at radius 1 is 1.30 bits per heavy atom. The van der Waals surface area contributed by atoms with Crippen LogP contribution in [-0.2, 0) is 0 Å². The molecule has 53 valence electrons. The van der Waals surface area contributed by atoms with Crippen LogP contribution in [0.4, 0.5) is 13.2 Å². The van der Waals surface area contributed by atoms with Crippen molar-refractivity contribution in [1.29, 1.82) is 0 Å². The lowest BCUT2D eigenvalue weighted by molar-refractivity contribution is 0.487. The standard InChI is InChI=1S/C6HF3I/c7-3-1-4(8)6(9)5(10)2-3/h2H. The molecule has 0 spiro atoms. The first-order valence-electron chi connectivity index (χ1n) is 2.33. The predicted molar refractivity (Wildman–Crippen MR) is 37.9 cm³/mol. The summed E-state index contributed by atoms with van der Waals surface area (Å²) in [6, 6.07) is 2.44. The molecule has 0 unspecified atom stereocenters. The van der Waals surface area contributed by atoms with Crippen LogP contribution in [0.5, 0.6) is 0 Å². The third-order valence-electron chi connectivity index (χ3n) is 0.885. The van der Waals surface area contributed by atoms with Gasteiger partial charge in [-0.15, -0.1) is 0 Å². The second kappa shape index (κ2) is 2.77. The van der Waals surface area contributed by atoms with Gasteiger partial charge in [-0.3, -0.25) is 0 Å². The second-order valence-corrected chi connectivity index (χ2v) is 2.76. The van der Waals surface area contributed by atoms with Gasteiger partial charge in [0.15, 0.2) is 11.6 Å². The maximum Gasteiger partial charge on any atom is 0.172 e. The van der Waals surface area contributed by atoms with Crippen molar-refractivity contribution in [2.45, 2.75) is 0 Å². The van der Waals surface area contributed by atoms with E-state index in [4.69, 9.17) is 0 Å². The van der Waals surface area contributed by atoms with Crippen molar-refractivity contribution in [3.63, 3.8) is 0 Å². The molecule has 0 amide bonds. The highest BCUT2D eigenvalue weighted by Gasteiger charge is 2.07. The van der Waals surface area contributed by atoms with Crippen LogP contribution in [0.15, 0.2) is 6.07 Å². The van der Waals surface area contributed by atoms with E-state index < -0.39 is 17.5 Å². The third-order valence-corrected chi connectivity index (χ3v) is 1.67. The van der Waals surface area contributed by atoms with Gasteiger partial charge >= 0.3 is 0 Å². The Kier molecular flexibility index (Phi) is 2.18. The lowest BCUT2D eigenvalue weighted by Crippen LogP contribution is -1.90. The Hall–Kier alpha value is -0.260. The van der Waals surface area contributed by atoms with Crippen molar-refractivity contribution in [1.82, 2.24) is 0 Å². The minimum atomic E-state index is -1.27. The van der Waals surface area contributed by atoms with Crippen LogP contribution in [0.1, 0.15) is 0 Å². The van der Waals surface area contributed by atoms with E-state index in [9.17, 15) is 13.2 Å². The number of halogens is 4. The van der Waals surface area contributed by atoms with Gasteiger partial charge in [0, 0.05) is 0 Å². The summed E-state index contributed by atoms with van der Waals surface area (Å²) in [6.45, 7) is 0. The average molecular weight is 257 g/mol. The molecule has 0 N–H and O–H groups in total. The molecular formula is C6HF3I. The average Bonchev–Trinajstić information content (AvgIpc) is 1.82. The molecule has 0 aliphatic heterocycles. The van der Waals surface area contributed by atoms with Crippen molar-refractivity contribution < 1.29 is 13.2 Å². The highest BCUT2D eigenvalue weighted by atomic mass is 127. The monoisotopic (exact) mass is 257 g/mol. The van der Waals surface area contributed by atoms with Gasteiger partial charge in [-0.05, 0) is 28.7 Å². The summed E-state index contributed by atoms with van der Waals surface area (Å²) >= 11 is 1.50. The van der Waals surface area contributed by atoms with Gasteiger partial charge in [-0.25, -0.2) is 13.2 Å². The first kappa shape index (κ1) is 7.84. The normalized spacial score (nSPS) is 10.0. The molecule has 0 fully saturated rings. The first-order valence-corrected chi connectivity index (χ1v) is 3.41. The van der Waals surface area contributed by atoms with Gasteiger partial charge in [0.05, 0.1) is 9.64 Å². The van der Waals surface area contributed by atoms with Crippen LogP contribution in [0.3, 0.4) is 0 Å². The first-order chi connectivity index (χ1) is 4.61. The minimum Gasteiger partial charge on any atom is -0.206 e. The lowest BCUT2D eigenvalue weighted by atomic mass is 10.3. The van der Waals surface area contributed by atoms with Crippen LogP contribution in [0.2, 0.25) is 0 Å². The maximum atomic E-state index is 12.3. The molecule has 0 saturated heterocycles. The van der Waals surface area contributed by atoms with E-state index in [1.54, 1.807) is 6.07 Å². The van der Waals surface area contributed by atoms with E-state index in [0.29, 0.717) is 0 Å². The summed E-state index contributed by atoms with van der Waals surface area (Å²) in [5.74, 6) is -3.21. The van der Waals surface area contributed by atoms with E-state index in [2.05, 4.69) is 0 Å². The molecule has 0 atom stereocenters. The molecular weight excluding hydrogens is 256 g/mol. The van der Waals surface area contributed by atoms with Gasteiger partial charge in [0.25, 0.3) is 0 Å². The maximum absolute atomic E-state index is 12.3. The van der Waals surface area contributed by atoms with Crippen LogP contribution in [0.25, 0.3) is 0 Å². The zero-order valence-corrected chi connectivity index (χ0v) is 6.75. The quantitative estimate of drug-likeness (QED) is 0.380. The Morgan fingerprint density at radius 2 is 1.90 bits per heavy atom. The topological polar surface area (TPSA) is 0 Å². The predicted octanol–water partition coefficient (Wildman–Crippen LogP) is 2.51. The van der Waals surface area contributed by atoms with E-state index in [1.165, 1.54) is 22.6 Å². The summed E-state index contributed by atoms with van der Waals surface area (Å²) < 4.78 is 36.6. The molecule has 4 heteroatoms. The van der Waals surface area contributed by atoms with Gasteiger partial charge in [0.2, 0.25) is 0 Å². The van der Waals surface area contributed by atoms with Crippen molar-refractivity contribution in [3.05, 3.63) is 33.2 Å². The van der Waals surface area contributed by atoms with Crippen LogP contribution >= 0.6 is 22.6 Å². The Balaban J connectivity index is 3.31. The molecule has 0 heterocycles. The van der Waals surface area contributed by atoms with Crippen LogP contribution < -0.4 is 0 Å². The summed E-state index contributed by atoms with van der Waals surface area (Å²) in [6.07, 6.45) is 0. The largest absolute Gasteiger partial charge is 0.206 e. The summed E-state index contributed by atoms with van der Waals surface area (Å²) in [5.41, 5.74) is 0. The Labute approximate surface area is 69.2 Å². The van der Waals surface area contributed by atoms with Crippen molar-refractivity contribution in [3.8, 4) is 0 Å². The number of hydrogen-bond donors (Lipinski definition) is 0. The zero-order valence-electron chi connectivity index (χ0n) is 4.59. The molecule has 1 rings (SSSR count). The molecule has 0 saturated carbocycles. The second-order valence-electron chi connectivity index (χ2n) is 1.59. The van der Waals surface area contributed by atoms with Crippen molar-refractivity contribution in [2.24, 2.45) is 0 Å². The van der Waals surface area contributed by atoms with E-state index in [-0.39, 0.29) is 3.57 Å². The molecule has 0 aliphatic rings.